The van der Waals surface area contributed by atoms with Crippen LogP contribution in [0.15, 0.2) is 18.2 Å². The van der Waals surface area contributed by atoms with Crippen molar-refractivity contribution < 1.29 is 69.1 Å². The van der Waals surface area contributed by atoms with E-state index in [0.717, 1.165) is 12.1 Å². The number of hydrogen-bond acceptors (Lipinski definition) is 1. The van der Waals surface area contributed by atoms with Gasteiger partial charge in [0.2, 0.25) is 0 Å². The van der Waals surface area contributed by atoms with Crippen LogP contribution in [0.4, 0.5) is 12.9 Å². The fraction of sp³-hybridized carbons (Fsp3) is 0.250. The molecule has 15 heavy (non-hydrogen) atoms. The van der Waals surface area contributed by atoms with E-state index in [-0.39, 0.29) is 63.0 Å². The van der Waals surface area contributed by atoms with Gasteiger partial charge in [-0.2, -0.15) is 0 Å². The summed E-state index contributed by atoms with van der Waals surface area (Å²) in [6.45, 7) is -4.88. The van der Waals surface area contributed by atoms with Crippen LogP contribution < -0.4 is 56.8 Å². The Balaban J connectivity index is 0.00000196. The van der Waals surface area contributed by atoms with Crippen LogP contribution in [0.5, 0.6) is 0 Å². The zero-order valence-electron chi connectivity index (χ0n) is 8.44. The van der Waals surface area contributed by atoms with Crippen LogP contribution >= 0.6 is 11.6 Å². The predicted octanol–water partition coefficient (Wildman–Crippen LogP) is -0.455. The minimum atomic E-state index is -4.97. The van der Waals surface area contributed by atoms with Gasteiger partial charge in [-0.25, -0.2) is 0 Å². The second-order valence-corrected chi connectivity index (χ2v) is 3.27. The molecule has 0 fully saturated rings. The molecule has 0 spiro atoms. The molecule has 0 amide bonds. The van der Waals surface area contributed by atoms with Crippen molar-refractivity contribution in [3.8, 4) is 0 Å². The molecule has 1 nitrogen and oxygen atoms in total. The zero-order valence-corrected chi connectivity index (χ0v) is 12.3. The van der Waals surface area contributed by atoms with E-state index in [1.54, 1.807) is 0 Å². The number of hydrogen-bond donors (Lipinski definition) is 0. The smallest absolute Gasteiger partial charge is 0.445 e. The fourth-order valence-corrected chi connectivity index (χ4v) is 1.24. The first-order valence-corrected chi connectivity index (χ1v) is 4.30. The summed E-state index contributed by atoms with van der Waals surface area (Å²) in [6, 6.07) is 3.23. The molecule has 0 aliphatic rings. The van der Waals surface area contributed by atoms with Crippen LogP contribution in [0.25, 0.3) is 0 Å². The zero-order chi connectivity index (χ0) is 10.8. The molecular weight excluding hydrogens is 254 g/mol. The molecule has 0 aromatic heterocycles. The molecule has 1 aromatic rings. The van der Waals surface area contributed by atoms with E-state index >= 15 is 0 Å². The normalized spacial score (nSPS) is 11.0. The Labute approximate surface area is 134 Å². The number of ether oxygens (including phenoxy) is 1. The predicted molar refractivity (Wildman–Crippen MR) is 50.9 cm³/mol. The third-order valence-electron chi connectivity index (χ3n) is 1.75. The molecule has 0 atom stereocenters. The first-order chi connectivity index (χ1) is 6.45. The van der Waals surface area contributed by atoms with Crippen LogP contribution in [0.1, 0.15) is 5.56 Å². The SMILES string of the molecule is COCc1cc([B-](F)(F)F)ccc1Cl.[K+]. The van der Waals surface area contributed by atoms with Gasteiger partial charge in [0.1, 0.15) is 0 Å². The maximum Gasteiger partial charge on any atom is 1.00 e. The van der Waals surface area contributed by atoms with Gasteiger partial charge in [-0.05, 0) is 11.6 Å². The van der Waals surface area contributed by atoms with Gasteiger partial charge in [-0.15, -0.1) is 5.46 Å². The van der Waals surface area contributed by atoms with E-state index in [0.29, 0.717) is 5.56 Å². The van der Waals surface area contributed by atoms with Crippen molar-refractivity contribution in [3.05, 3.63) is 28.8 Å². The minimum absolute atomic E-state index is 0. The van der Waals surface area contributed by atoms with Crippen molar-refractivity contribution in [2.75, 3.05) is 7.11 Å². The van der Waals surface area contributed by atoms with Crippen LogP contribution in [-0.2, 0) is 11.3 Å². The Morgan fingerprint density at radius 2 is 1.93 bits per heavy atom. The Hall–Kier alpha value is 0.961. The molecule has 1 aromatic carbocycles. The molecule has 0 saturated heterocycles. The second kappa shape index (κ2) is 6.64. The van der Waals surface area contributed by atoms with Crippen molar-refractivity contribution >= 4 is 24.0 Å². The minimum Gasteiger partial charge on any atom is -0.445 e. The average Bonchev–Trinajstić information content (AvgIpc) is 2.07. The van der Waals surface area contributed by atoms with Crippen LogP contribution in [0.2, 0.25) is 5.02 Å². The molecule has 0 N–H and O–H groups in total. The summed E-state index contributed by atoms with van der Waals surface area (Å²) in [7, 11) is 1.40. The van der Waals surface area contributed by atoms with Gasteiger partial charge in [0, 0.05) is 12.1 Å². The molecule has 0 heterocycles. The first kappa shape index (κ1) is 16.0. The van der Waals surface area contributed by atoms with E-state index in [9.17, 15) is 12.9 Å². The molecule has 0 aliphatic heterocycles. The molecule has 0 bridgehead atoms. The summed E-state index contributed by atoms with van der Waals surface area (Å²) in [4.78, 5) is 0. The van der Waals surface area contributed by atoms with E-state index < -0.39 is 12.4 Å². The van der Waals surface area contributed by atoms with E-state index in [2.05, 4.69) is 0 Å². The third-order valence-corrected chi connectivity index (χ3v) is 2.12. The summed E-state index contributed by atoms with van der Waals surface area (Å²) in [6.07, 6.45) is 0. The molecular formula is C8H8BClF3KO. The molecule has 78 valence electrons. The fourth-order valence-electron chi connectivity index (χ4n) is 1.06. The number of rotatable bonds is 3. The van der Waals surface area contributed by atoms with Crippen molar-refractivity contribution in [1.82, 2.24) is 0 Å². The molecule has 7 heteroatoms. The Kier molecular flexibility index (Phi) is 7.06. The van der Waals surface area contributed by atoms with E-state index in [4.69, 9.17) is 16.3 Å². The molecule has 1 rings (SSSR count). The van der Waals surface area contributed by atoms with E-state index in [1.165, 1.54) is 13.2 Å². The van der Waals surface area contributed by atoms with Gasteiger partial charge in [0.05, 0.1) is 6.61 Å². The molecule has 0 saturated carbocycles. The maximum atomic E-state index is 12.3. The van der Waals surface area contributed by atoms with Crippen LogP contribution in [0, 0.1) is 0 Å². The monoisotopic (exact) mass is 262 g/mol. The Morgan fingerprint density at radius 3 is 2.40 bits per heavy atom. The van der Waals surface area contributed by atoms with Gasteiger partial charge >= 0.3 is 58.4 Å². The van der Waals surface area contributed by atoms with Gasteiger partial charge < -0.3 is 17.7 Å². The summed E-state index contributed by atoms with van der Waals surface area (Å²) in [5, 5.41) is 0.288. The standard InChI is InChI=1S/C8H8BClF3O.K/c1-14-5-6-4-7(9(11,12)13)2-3-8(6)10;/h2-4H,5H2,1H3;/q-1;+1. The first-order valence-electron chi connectivity index (χ1n) is 3.92. The molecule has 0 unspecified atom stereocenters. The quantitative estimate of drug-likeness (QED) is 0.670. The second-order valence-electron chi connectivity index (χ2n) is 2.86. The van der Waals surface area contributed by atoms with Crippen molar-refractivity contribution in [1.29, 1.82) is 0 Å². The third kappa shape index (κ3) is 4.77. The Morgan fingerprint density at radius 1 is 1.33 bits per heavy atom. The largest absolute Gasteiger partial charge is 1.00 e. The average molecular weight is 263 g/mol. The van der Waals surface area contributed by atoms with Gasteiger partial charge in [-0.1, -0.05) is 23.7 Å². The summed E-state index contributed by atoms with van der Waals surface area (Å²) in [5.41, 5.74) is -0.299. The number of halogens is 4. The van der Waals surface area contributed by atoms with Gasteiger partial charge in [0.15, 0.2) is 0 Å². The summed E-state index contributed by atoms with van der Waals surface area (Å²) < 4.78 is 41.7. The van der Waals surface area contributed by atoms with Crippen LogP contribution in [0.3, 0.4) is 0 Å². The van der Waals surface area contributed by atoms with Crippen molar-refractivity contribution in [2.45, 2.75) is 6.61 Å². The van der Waals surface area contributed by atoms with Crippen molar-refractivity contribution in [3.63, 3.8) is 0 Å². The summed E-state index contributed by atoms with van der Waals surface area (Å²) >= 11 is 5.68. The maximum absolute atomic E-state index is 12.3. The molecule has 0 aliphatic carbocycles. The Bertz CT molecular complexity index is 332. The van der Waals surface area contributed by atoms with Gasteiger partial charge in [0.25, 0.3) is 0 Å². The van der Waals surface area contributed by atoms with Crippen molar-refractivity contribution in [2.24, 2.45) is 0 Å². The van der Waals surface area contributed by atoms with E-state index in [1.807, 2.05) is 0 Å². The van der Waals surface area contributed by atoms with Crippen LogP contribution in [-0.4, -0.2) is 14.1 Å². The molecule has 0 radical (unpaired) electrons. The summed E-state index contributed by atoms with van der Waals surface area (Å²) in [5.74, 6) is 0. The number of benzene rings is 1. The topological polar surface area (TPSA) is 9.23 Å². The number of methoxy groups -OCH3 is 1. The van der Waals surface area contributed by atoms with Gasteiger partial charge in [-0.3, -0.25) is 0 Å².